The summed E-state index contributed by atoms with van der Waals surface area (Å²) in [7, 11) is 0. The van der Waals surface area contributed by atoms with Crippen LogP contribution in [0.1, 0.15) is 91.0 Å². The number of carbonyl (C=O) groups excluding carboxylic acids is 1. The molecule has 2 aromatic carbocycles. The fraction of sp³-hybridized carbons (Fsp3) is 0.448. The van der Waals surface area contributed by atoms with E-state index in [1.165, 1.54) is 49.2 Å². The minimum absolute atomic E-state index is 0.248. The fourth-order valence-electron chi connectivity index (χ4n) is 5.49. The van der Waals surface area contributed by atoms with Crippen LogP contribution < -0.4 is 4.80 Å². The molecule has 0 radical (unpaired) electrons. The number of nitrogens with zero attached hydrogens (tertiary/aromatic N) is 2. The van der Waals surface area contributed by atoms with E-state index in [2.05, 4.69) is 4.57 Å². The second-order valence-electron chi connectivity index (χ2n) is 9.92. The summed E-state index contributed by atoms with van der Waals surface area (Å²) >= 11 is 1.41. The molecule has 1 heterocycles. The number of carbonyl (C=O) groups is 1. The van der Waals surface area contributed by atoms with Gasteiger partial charge in [0.2, 0.25) is 5.78 Å². The lowest BCUT2D eigenvalue weighted by atomic mass is 9.94. The Bertz CT molecular complexity index is 1250. The number of benzene rings is 2. The van der Waals surface area contributed by atoms with Crippen LogP contribution >= 0.6 is 11.3 Å². The predicted octanol–water partition coefficient (Wildman–Crippen LogP) is 8.21. The van der Waals surface area contributed by atoms with Gasteiger partial charge in [-0.1, -0.05) is 92.3 Å². The van der Waals surface area contributed by atoms with Crippen molar-refractivity contribution in [3.05, 3.63) is 75.4 Å². The molecular formula is C29H31F3N2OS. The van der Waals surface area contributed by atoms with Crippen LogP contribution in [0.2, 0.25) is 0 Å². The molecule has 2 saturated carbocycles. The zero-order valence-electron chi connectivity index (χ0n) is 20.3. The highest BCUT2D eigenvalue weighted by atomic mass is 32.1. The van der Waals surface area contributed by atoms with Gasteiger partial charge in [-0.15, -0.1) is 0 Å². The molecule has 3 nitrogen and oxygen atoms in total. The van der Waals surface area contributed by atoms with Gasteiger partial charge in [-0.3, -0.25) is 9.79 Å². The second kappa shape index (κ2) is 10.8. The normalized spacial score (nSPS) is 18.5. The molecular weight excluding hydrogens is 481 g/mol. The van der Waals surface area contributed by atoms with E-state index in [4.69, 9.17) is 4.99 Å². The largest absolute Gasteiger partial charge is 0.416 e. The summed E-state index contributed by atoms with van der Waals surface area (Å²) in [6, 6.07) is 15.0. The Morgan fingerprint density at radius 1 is 0.833 bits per heavy atom. The minimum Gasteiger partial charge on any atom is -0.313 e. The van der Waals surface area contributed by atoms with Crippen LogP contribution in [-0.4, -0.2) is 16.4 Å². The molecule has 0 spiro atoms. The van der Waals surface area contributed by atoms with Crippen LogP contribution in [-0.2, 0) is 6.18 Å². The van der Waals surface area contributed by atoms with Gasteiger partial charge in [0.1, 0.15) is 4.88 Å². The van der Waals surface area contributed by atoms with Crippen molar-refractivity contribution in [2.75, 3.05) is 0 Å². The molecule has 2 fully saturated rings. The highest BCUT2D eigenvalue weighted by molar-refractivity contribution is 7.12. The lowest BCUT2D eigenvalue weighted by Gasteiger charge is -2.26. The lowest BCUT2D eigenvalue weighted by Crippen LogP contribution is -2.26. The molecule has 5 rings (SSSR count). The molecule has 2 aliphatic rings. The van der Waals surface area contributed by atoms with Gasteiger partial charge in [0.25, 0.3) is 0 Å². The van der Waals surface area contributed by atoms with E-state index in [1.807, 2.05) is 30.3 Å². The third kappa shape index (κ3) is 5.36. The first-order chi connectivity index (χ1) is 17.4. The van der Waals surface area contributed by atoms with Crippen molar-refractivity contribution in [3.8, 4) is 11.3 Å². The number of thiazole rings is 1. The van der Waals surface area contributed by atoms with E-state index < -0.39 is 11.7 Å². The van der Waals surface area contributed by atoms with Crippen molar-refractivity contribution >= 4 is 17.1 Å². The van der Waals surface area contributed by atoms with Crippen molar-refractivity contribution in [1.29, 1.82) is 0 Å². The van der Waals surface area contributed by atoms with Crippen molar-refractivity contribution in [2.24, 2.45) is 4.99 Å². The van der Waals surface area contributed by atoms with Crippen LogP contribution in [0.25, 0.3) is 11.3 Å². The molecule has 0 saturated heterocycles. The first-order valence-electron chi connectivity index (χ1n) is 13.0. The number of halogens is 3. The number of ketones is 1. The number of aromatic nitrogens is 1. The summed E-state index contributed by atoms with van der Waals surface area (Å²) in [5, 5.41) is 0. The predicted molar refractivity (Wildman–Crippen MR) is 137 cm³/mol. The van der Waals surface area contributed by atoms with E-state index in [-0.39, 0.29) is 23.4 Å². The van der Waals surface area contributed by atoms with Crippen molar-refractivity contribution in [1.82, 2.24) is 4.57 Å². The third-order valence-electron chi connectivity index (χ3n) is 7.39. The first kappa shape index (κ1) is 25.0. The average Bonchev–Trinajstić information content (AvgIpc) is 3.28. The maximum absolute atomic E-state index is 13.8. The average molecular weight is 513 g/mol. The maximum atomic E-state index is 13.8. The number of hydrogen-bond donors (Lipinski definition) is 0. The molecule has 3 aromatic rings. The molecule has 36 heavy (non-hydrogen) atoms. The fourth-order valence-corrected chi connectivity index (χ4v) is 6.73. The lowest BCUT2D eigenvalue weighted by molar-refractivity contribution is -0.137. The highest BCUT2D eigenvalue weighted by Gasteiger charge is 2.31. The Kier molecular flexibility index (Phi) is 7.47. The van der Waals surface area contributed by atoms with Crippen molar-refractivity contribution in [2.45, 2.75) is 82.5 Å². The summed E-state index contributed by atoms with van der Waals surface area (Å²) in [6.45, 7) is 0. The molecule has 0 N–H and O–H groups in total. The SMILES string of the molecule is O=C(c1ccc(C(F)(F)F)cc1)c1sc(=NC2CCCCC2)n(C2CCCCC2)c1-c1ccccc1. The summed E-state index contributed by atoms with van der Waals surface area (Å²) in [5.41, 5.74) is 1.31. The van der Waals surface area contributed by atoms with E-state index >= 15 is 0 Å². The van der Waals surface area contributed by atoms with Gasteiger partial charge in [0, 0.05) is 11.6 Å². The van der Waals surface area contributed by atoms with Crippen LogP contribution in [0.5, 0.6) is 0 Å². The molecule has 7 heteroatoms. The number of rotatable bonds is 5. The summed E-state index contributed by atoms with van der Waals surface area (Å²) in [4.78, 5) is 20.5. The zero-order chi connectivity index (χ0) is 25.1. The Balaban J connectivity index is 1.67. The summed E-state index contributed by atoms with van der Waals surface area (Å²) < 4.78 is 41.6. The molecule has 0 aliphatic heterocycles. The number of hydrogen-bond acceptors (Lipinski definition) is 3. The molecule has 0 unspecified atom stereocenters. The molecule has 0 bridgehead atoms. The van der Waals surface area contributed by atoms with Crippen LogP contribution in [0.4, 0.5) is 13.2 Å². The van der Waals surface area contributed by atoms with Gasteiger partial charge in [0.15, 0.2) is 4.80 Å². The van der Waals surface area contributed by atoms with Crippen LogP contribution in [0, 0.1) is 0 Å². The van der Waals surface area contributed by atoms with Crippen molar-refractivity contribution < 1.29 is 18.0 Å². The zero-order valence-corrected chi connectivity index (χ0v) is 21.1. The van der Waals surface area contributed by atoms with Crippen LogP contribution in [0.3, 0.4) is 0 Å². The number of alkyl halides is 3. The Morgan fingerprint density at radius 3 is 2.06 bits per heavy atom. The summed E-state index contributed by atoms with van der Waals surface area (Å²) in [5.74, 6) is -0.248. The van der Waals surface area contributed by atoms with Gasteiger partial charge < -0.3 is 4.57 Å². The molecule has 190 valence electrons. The second-order valence-corrected chi connectivity index (χ2v) is 10.9. The van der Waals surface area contributed by atoms with E-state index in [1.54, 1.807) is 0 Å². The van der Waals surface area contributed by atoms with E-state index in [0.29, 0.717) is 4.88 Å². The quantitative estimate of drug-likeness (QED) is 0.317. The Labute approximate surface area is 213 Å². The van der Waals surface area contributed by atoms with Gasteiger partial charge in [0.05, 0.1) is 17.3 Å². The first-order valence-corrected chi connectivity index (χ1v) is 13.8. The Morgan fingerprint density at radius 2 is 1.44 bits per heavy atom. The van der Waals surface area contributed by atoms with Gasteiger partial charge in [-0.25, -0.2) is 0 Å². The van der Waals surface area contributed by atoms with E-state index in [9.17, 15) is 18.0 Å². The third-order valence-corrected chi connectivity index (χ3v) is 8.46. The van der Waals surface area contributed by atoms with Gasteiger partial charge in [-0.05, 0) is 43.4 Å². The van der Waals surface area contributed by atoms with Gasteiger partial charge >= 0.3 is 6.18 Å². The topological polar surface area (TPSA) is 34.4 Å². The Hall–Kier alpha value is -2.67. The standard InChI is InChI=1S/C29H31F3N2OS/c30-29(31,32)22-18-16-21(17-19-22)26(35)27-25(20-10-4-1-5-11-20)34(24-14-8-3-9-15-24)28(36-27)33-23-12-6-2-7-13-23/h1,4-5,10-11,16-19,23-24H,2-3,6-9,12-15H2. The van der Waals surface area contributed by atoms with E-state index in [0.717, 1.165) is 66.7 Å². The maximum Gasteiger partial charge on any atom is 0.416 e. The van der Waals surface area contributed by atoms with Gasteiger partial charge in [-0.2, -0.15) is 13.2 Å². The molecule has 0 amide bonds. The highest BCUT2D eigenvalue weighted by Crippen LogP contribution is 2.36. The van der Waals surface area contributed by atoms with Crippen LogP contribution in [0.15, 0.2) is 59.6 Å². The molecule has 2 aliphatic carbocycles. The smallest absolute Gasteiger partial charge is 0.313 e. The van der Waals surface area contributed by atoms with Crippen molar-refractivity contribution in [3.63, 3.8) is 0 Å². The molecule has 1 aromatic heterocycles. The minimum atomic E-state index is -4.43. The molecule has 0 atom stereocenters. The summed E-state index contributed by atoms with van der Waals surface area (Å²) in [6.07, 6.45) is 6.87. The monoisotopic (exact) mass is 512 g/mol.